The number of amides is 1. The van der Waals surface area contributed by atoms with Gasteiger partial charge in [0, 0.05) is 6.54 Å². The molecular weight excluding hydrogens is 297 g/mol. The number of nitrogens with zero attached hydrogens (tertiary/aromatic N) is 2. The Bertz CT molecular complexity index is 546. The number of rotatable bonds is 3. The molecule has 1 aliphatic heterocycles. The Kier molecular flexibility index (Phi) is 4.77. The Hall–Kier alpha value is -1.60. The molecule has 1 saturated heterocycles. The number of hydrogen-bond acceptors (Lipinski definition) is 3. The van der Waals surface area contributed by atoms with Gasteiger partial charge in [-0.25, -0.2) is 0 Å². The summed E-state index contributed by atoms with van der Waals surface area (Å²) in [5.41, 5.74) is -0.343. The van der Waals surface area contributed by atoms with E-state index >= 15 is 0 Å². The van der Waals surface area contributed by atoms with Crippen molar-refractivity contribution in [3.8, 4) is 0 Å². The largest absolute Gasteiger partial charge is 0.416 e. The predicted octanol–water partition coefficient (Wildman–Crippen LogP) is 1.90. The summed E-state index contributed by atoms with van der Waals surface area (Å²) in [5, 5.41) is 9.81. The summed E-state index contributed by atoms with van der Waals surface area (Å²) in [7, 11) is 3.48. The fourth-order valence-corrected chi connectivity index (χ4v) is 2.69. The molecule has 4 nitrogen and oxygen atoms in total. The molecule has 122 valence electrons. The maximum absolute atomic E-state index is 12.8. The second-order valence-electron chi connectivity index (χ2n) is 5.81. The van der Waals surface area contributed by atoms with Gasteiger partial charge in [-0.05, 0) is 38.2 Å². The molecule has 0 aliphatic carbocycles. The molecular formula is C15H19F3N2O2. The van der Waals surface area contributed by atoms with Crippen LogP contribution in [-0.4, -0.2) is 54.1 Å². The molecule has 1 N–H and O–H groups in total. The molecule has 0 aromatic heterocycles. The molecule has 22 heavy (non-hydrogen) atoms. The van der Waals surface area contributed by atoms with E-state index in [1.54, 1.807) is 25.1 Å². The van der Waals surface area contributed by atoms with Crippen molar-refractivity contribution in [3.63, 3.8) is 0 Å². The molecule has 1 aromatic carbocycles. The van der Waals surface area contributed by atoms with Crippen molar-refractivity contribution in [2.75, 3.05) is 27.2 Å². The summed E-state index contributed by atoms with van der Waals surface area (Å²) in [6, 6.07) is 4.43. The van der Waals surface area contributed by atoms with E-state index in [2.05, 4.69) is 0 Å². The van der Waals surface area contributed by atoms with Crippen LogP contribution in [0.1, 0.15) is 23.6 Å². The van der Waals surface area contributed by atoms with Gasteiger partial charge in [0.05, 0.1) is 24.3 Å². The number of carbonyl (C=O) groups is 1. The van der Waals surface area contributed by atoms with E-state index in [0.29, 0.717) is 5.56 Å². The van der Waals surface area contributed by atoms with Gasteiger partial charge in [-0.1, -0.05) is 12.1 Å². The van der Waals surface area contributed by atoms with Crippen molar-refractivity contribution < 1.29 is 23.1 Å². The van der Waals surface area contributed by atoms with Gasteiger partial charge in [0.25, 0.3) is 0 Å². The first-order valence-electron chi connectivity index (χ1n) is 6.98. The van der Waals surface area contributed by atoms with E-state index < -0.39 is 23.9 Å². The maximum atomic E-state index is 12.8. The Morgan fingerprint density at radius 3 is 2.68 bits per heavy atom. The van der Waals surface area contributed by atoms with Crippen LogP contribution in [0, 0.1) is 0 Å². The van der Waals surface area contributed by atoms with Gasteiger partial charge in [-0.3, -0.25) is 4.79 Å². The average Bonchev–Trinajstić information content (AvgIpc) is 2.79. The van der Waals surface area contributed by atoms with Gasteiger partial charge in [0.1, 0.15) is 0 Å². The van der Waals surface area contributed by atoms with Crippen molar-refractivity contribution in [2.24, 2.45) is 0 Å². The third-order valence-corrected chi connectivity index (χ3v) is 3.65. The second-order valence-corrected chi connectivity index (χ2v) is 5.81. The first-order valence-corrected chi connectivity index (χ1v) is 6.98. The molecule has 1 heterocycles. The minimum absolute atomic E-state index is 0.146. The number of alkyl halides is 3. The SMILES string of the molecule is CN(C)CC(=O)N1CC(O)CC1c1cccc(C(F)(F)F)c1. The highest BCUT2D eigenvalue weighted by molar-refractivity contribution is 5.79. The van der Waals surface area contributed by atoms with E-state index in [1.807, 2.05) is 0 Å². The summed E-state index contributed by atoms with van der Waals surface area (Å²) in [6.45, 7) is 0.301. The molecule has 1 fully saturated rings. The first kappa shape index (κ1) is 16.8. The third-order valence-electron chi connectivity index (χ3n) is 3.65. The Morgan fingerprint density at radius 2 is 2.09 bits per heavy atom. The van der Waals surface area contributed by atoms with Gasteiger partial charge in [-0.15, -0.1) is 0 Å². The Labute approximate surface area is 127 Å². The number of halogens is 3. The highest BCUT2D eigenvalue weighted by Crippen LogP contribution is 2.36. The summed E-state index contributed by atoms with van der Waals surface area (Å²) in [5.74, 6) is -0.205. The number of benzene rings is 1. The zero-order chi connectivity index (χ0) is 16.5. The summed E-state index contributed by atoms with van der Waals surface area (Å²) in [6.07, 6.45) is -4.89. The van der Waals surface area contributed by atoms with E-state index in [-0.39, 0.29) is 25.4 Å². The van der Waals surface area contributed by atoms with Gasteiger partial charge in [0.15, 0.2) is 0 Å². The molecule has 1 amide bonds. The maximum Gasteiger partial charge on any atom is 0.416 e. The van der Waals surface area contributed by atoms with Crippen LogP contribution in [-0.2, 0) is 11.0 Å². The molecule has 7 heteroatoms. The summed E-state index contributed by atoms with van der Waals surface area (Å²) >= 11 is 0. The number of β-amino-alcohol motifs (C(OH)–C–C–N with tert-alkyl or cyclic N) is 1. The number of likely N-dealkylation sites (tertiary alicyclic amines) is 1. The van der Waals surface area contributed by atoms with Crippen LogP contribution in [0.15, 0.2) is 24.3 Å². The Morgan fingerprint density at radius 1 is 1.41 bits per heavy atom. The predicted molar refractivity (Wildman–Crippen MR) is 75.1 cm³/mol. The molecule has 0 bridgehead atoms. The van der Waals surface area contributed by atoms with Crippen LogP contribution in [0.4, 0.5) is 13.2 Å². The summed E-state index contributed by atoms with van der Waals surface area (Å²) < 4.78 is 38.5. The van der Waals surface area contributed by atoms with Gasteiger partial charge in [-0.2, -0.15) is 13.2 Å². The standard InChI is InChI=1S/C15H19F3N2O2/c1-19(2)9-14(22)20-8-12(21)7-13(20)10-4-3-5-11(6-10)15(16,17)18/h3-6,12-13,21H,7-9H2,1-2H3. The number of carbonyl (C=O) groups excluding carboxylic acids is 1. The molecule has 0 saturated carbocycles. The minimum Gasteiger partial charge on any atom is -0.391 e. The van der Waals surface area contributed by atoms with E-state index in [4.69, 9.17) is 0 Å². The van der Waals surface area contributed by atoms with Crippen LogP contribution in [0.25, 0.3) is 0 Å². The molecule has 2 atom stereocenters. The fraction of sp³-hybridized carbons (Fsp3) is 0.533. The van der Waals surface area contributed by atoms with Gasteiger partial charge < -0.3 is 14.9 Å². The third kappa shape index (κ3) is 3.78. The zero-order valence-electron chi connectivity index (χ0n) is 12.5. The quantitative estimate of drug-likeness (QED) is 0.926. The molecule has 2 unspecified atom stereocenters. The molecule has 0 spiro atoms. The van der Waals surface area contributed by atoms with Crippen LogP contribution >= 0.6 is 0 Å². The average molecular weight is 316 g/mol. The van der Waals surface area contributed by atoms with Crippen molar-refractivity contribution in [1.82, 2.24) is 9.80 Å². The Balaban J connectivity index is 2.27. The fourth-order valence-electron chi connectivity index (χ4n) is 2.69. The van der Waals surface area contributed by atoms with E-state index in [9.17, 15) is 23.1 Å². The van der Waals surface area contributed by atoms with Crippen molar-refractivity contribution in [1.29, 1.82) is 0 Å². The van der Waals surface area contributed by atoms with Gasteiger partial charge in [0.2, 0.25) is 5.91 Å². The molecule has 0 radical (unpaired) electrons. The monoisotopic (exact) mass is 316 g/mol. The summed E-state index contributed by atoms with van der Waals surface area (Å²) in [4.78, 5) is 15.4. The number of likely N-dealkylation sites (N-methyl/N-ethyl adjacent to an activating group) is 1. The normalized spacial score (nSPS) is 22.4. The number of aliphatic hydroxyl groups excluding tert-OH is 1. The highest BCUT2D eigenvalue weighted by atomic mass is 19.4. The van der Waals surface area contributed by atoms with Crippen molar-refractivity contribution in [2.45, 2.75) is 24.7 Å². The van der Waals surface area contributed by atoms with Crippen LogP contribution in [0.3, 0.4) is 0 Å². The lowest BCUT2D eigenvalue weighted by atomic mass is 10.0. The van der Waals surface area contributed by atoms with Crippen LogP contribution in [0.2, 0.25) is 0 Å². The lowest BCUT2D eigenvalue weighted by molar-refractivity contribution is -0.137. The second kappa shape index (κ2) is 6.26. The first-order chi connectivity index (χ1) is 10.2. The molecule has 2 rings (SSSR count). The lowest BCUT2D eigenvalue weighted by Gasteiger charge is -2.26. The van der Waals surface area contributed by atoms with Crippen molar-refractivity contribution >= 4 is 5.91 Å². The highest BCUT2D eigenvalue weighted by Gasteiger charge is 2.37. The number of hydrogen-bond donors (Lipinski definition) is 1. The smallest absolute Gasteiger partial charge is 0.391 e. The lowest BCUT2D eigenvalue weighted by Crippen LogP contribution is -2.38. The minimum atomic E-state index is -4.42. The van der Waals surface area contributed by atoms with E-state index in [0.717, 1.165) is 12.1 Å². The van der Waals surface area contributed by atoms with E-state index in [1.165, 1.54) is 11.0 Å². The number of aliphatic hydroxyl groups is 1. The molecule has 1 aromatic rings. The van der Waals surface area contributed by atoms with Crippen molar-refractivity contribution in [3.05, 3.63) is 35.4 Å². The topological polar surface area (TPSA) is 43.8 Å². The van der Waals surface area contributed by atoms with Gasteiger partial charge >= 0.3 is 6.18 Å². The molecule has 1 aliphatic rings. The zero-order valence-corrected chi connectivity index (χ0v) is 12.5. The van der Waals surface area contributed by atoms with Crippen LogP contribution in [0.5, 0.6) is 0 Å². The van der Waals surface area contributed by atoms with Crippen LogP contribution < -0.4 is 0 Å².